The van der Waals surface area contributed by atoms with E-state index in [1.54, 1.807) is 12.1 Å². The summed E-state index contributed by atoms with van der Waals surface area (Å²) in [5, 5.41) is 13.0. The molecule has 1 saturated heterocycles. The normalized spacial score (nSPS) is 19.2. The number of hydrogen-bond acceptors (Lipinski definition) is 6. The molecule has 1 aromatic carbocycles. The van der Waals surface area contributed by atoms with E-state index in [1.165, 1.54) is 5.57 Å². The Balaban J connectivity index is 1.77. The fraction of sp³-hybridized carbons (Fsp3) is 0.350. The lowest BCUT2D eigenvalue weighted by atomic mass is 10.1. The summed E-state index contributed by atoms with van der Waals surface area (Å²) in [6.45, 7) is 4.23. The number of rotatable bonds is 4. The van der Waals surface area contributed by atoms with Gasteiger partial charge in [0, 0.05) is 43.5 Å². The molecule has 1 aromatic heterocycles. The average Bonchev–Trinajstić information content (AvgIpc) is 3.40. The van der Waals surface area contributed by atoms with Crippen molar-refractivity contribution in [2.75, 3.05) is 37.6 Å². The maximum Gasteiger partial charge on any atom is 0.161 e. The van der Waals surface area contributed by atoms with Gasteiger partial charge in [-0.25, -0.2) is 9.97 Å². The van der Waals surface area contributed by atoms with Crippen LogP contribution in [0.2, 0.25) is 5.02 Å². The summed E-state index contributed by atoms with van der Waals surface area (Å²) < 4.78 is 0. The molecule has 0 aliphatic carbocycles. The first kappa shape index (κ1) is 17.9. The van der Waals surface area contributed by atoms with E-state index < -0.39 is 0 Å². The van der Waals surface area contributed by atoms with Crippen molar-refractivity contribution in [3.8, 4) is 17.5 Å². The zero-order valence-corrected chi connectivity index (χ0v) is 15.7. The third-order valence-corrected chi connectivity index (χ3v) is 5.52. The minimum absolute atomic E-state index is 0.426. The highest BCUT2D eigenvalue weighted by Crippen LogP contribution is 2.32. The van der Waals surface area contributed by atoms with Crippen LogP contribution in [0.15, 0.2) is 30.5 Å². The van der Waals surface area contributed by atoms with Crippen LogP contribution < -0.4 is 16.0 Å². The number of nitriles is 1. The molecule has 2 aliphatic heterocycles. The van der Waals surface area contributed by atoms with E-state index in [0.29, 0.717) is 28.9 Å². The molecule has 0 bridgehead atoms. The van der Waals surface area contributed by atoms with E-state index in [1.807, 2.05) is 12.3 Å². The number of nitrogens with one attached hydrogen (secondary N) is 1. The Morgan fingerprint density at radius 1 is 1.41 bits per heavy atom. The van der Waals surface area contributed by atoms with Gasteiger partial charge in [-0.15, -0.1) is 0 Å². The number of benzene rings is 1. The summed E-state index contributed by atoms with van der Waals surface area (Å²) in [7, 11) is 0. The Morgan fingerprint density at radius 2 is 2.30 bits per heavy atom. The van der Waals surface area contributed by atoms with Gasteiger partial charge >= 0.3 is 0 Å². The Morgan fingerprint density at radius 3 is 3.00 bits per heavy atom. The molecule has 6 nitrogen and oxygen atoms in total. The molecule has 27 heavy (non-hydrogen) atoms. The SMILES string of the molecule is N#Cc1cc(-c2ncc(C3=CCNC3)c(N3CCC(CN)C3)n2)ccc1Cl. The van der Waals surface area contributed by atoms with Gasteiger partial charge in [-0.1, -0.05) is 17.7 Å². The molecule has 7 heteroatoms. The Bertz CT molecular complexity index is 933. The maximum absolute atomic E-state index is 9.25. The first-order valence-electron chi connectivity index (χ1n) is 9.11. The van der Waals surface area contributed by atoms with E-state index in [-0.39, 0.29) is 0 Å². The zero-order valence-electron chi connectivity index (χ0n) is 15.0. The highest BCUT2D eigenvalue weighted by Gasteiger charge is 2.26. The van der Waals surface area contributed by atoms with Crippen LogP contribution in [-0.2, 0) is 0 Å². The fourth-order valence-electron chi connectivity index (χ4n) is 3.63. The van der Waals surface area contributed by atoms with Gasteiger partial charge in [-0.3, -0.25) is 0 Å². The molecule has 0 saturated carbocycles. The lowest BCUT2D eigenvalue weighted by Crippen LogP contribution is -2.25. The monoisotopic (exact) mass is 380 g/mol. The van der Waals surface area contributed by atoms with E-state index >= 15 is 0 Å². The molecule has 2 aromatic rings. The quantitative estimate of drug-likeness (QED) is 0.846. The topological polar surface area (TPSA) is 90.9 Å². The van der Waals surface area contributed by atoms with Crippen molar-refractivity contribution in [1.29, 1.82) is 5.26 Å². The molecule has 1 atom stereocenters. The van der Waals surface area contributed by atoms with Crippen molar-refractivity contribution in [1.82, 2.24) is 15.3 Å². The van der Waals surface area contributed by atoms with Gasteiger partial charge in [-0.2, -0.15) is 5.26 Å². The first-order chi connectivity index (χ1) is 13.2. The van der Waals surface area contributed by atoms with E-state index in [2.05, 4.69) is 27.3 Å². The third-order valence-electron chi connectivity index (χ3n) is 5.19. The molecule has 1 unspecified atom stereocenters. The van der Waals surface area contributed by atoms with Gasteiger partial charge in [0.05, 0.1) is 10.6 Å². The molecule has 3 N–H and O–H groups in total. The number of hydrogen-bond donors (Lipinski definition) is 2. The molecule has 0 spiro atoms. The van der Waals surface area contributed by atoms with E-state index in [9.17, 15) is 5.26 Å². The Hall–Kier alpha value is -2.46. The van der Waals surface area contributed by atoms with E-state index in [0.717, 1.165) is 49.5 Å². The molecular formula is C20H21ClN6. The molecule has 1 fully saturated rings. The predicted octanol–water partition coefficient (Wildman–Crippen LogP) is 2.44. The molecule has 138 valence electrons. The summed E-state index contributed by atoms with van der Waals surface area (Å²) in [4.78, 5) is 11.8. The number of nitrogens with zero attached hydrogens (tertiary/aromatic N) is 4. The third kappa shape index (κ3) is 3.54. The fourth-order valence-corrected chi connectivity index (χ4v) is 3.79. The summed E-state index contributed by atoms with van der Waals surface area (Å²) in [5.74, 6) is 2.04. The smallest absolute Gasteiger partial charge is 0.161 e. The van der Waals surface area contributed by atoms with Crippen LogP contribution in [-0.4, -0.2) is 42.7 Å². The van der Waals surface area contributed by atoms with Crippen molar-refractivity contribution in [2.24, 2.45) is 11.7 Å². The second-order valence-electron chi connectivity index (χ2n) is 6.93. The number of halogens is 1. The summed E-state index contributed by atoms with van der Waals surface area (Å²) in [5.41, 5.74) is 9.38. The number of aromatic nitrogens is 2. The average molecular weight is 381 g/mol. The maximum atomic E-state index is 9.25. The van der Waals surface area contributed by atoms with Crippen molar-refractivity contribution in [3.63, 3.8) is 0 Å². The largest absolute Gasteiger partial charge is 0.356 e. The molecule has 0 amide bonds. The van der Waals surface area contributed by atoms with Crippen LogP contribution in [0.5, 0.6) is 0 Å². The second kappa shape index (κ2) is 7.65. The molecule has 4 rings (SSSR count). The van der Waals surface area contributed by atoms with Gasteiger partial charge in [0.2, 0.25) is 0 Å². The van der Waals surface area contributed by atoms with Crippen LogP contribution in [0.4, 0.5) is 5.82 Å². The summed E-state index contributed by atoms with van der Waals surface area (Å²) in [6, 6.07) is 7.43. The molecule has 3 heterocycles. The molecule has 2 aliphatic rings. The van der Waals surface area contributed by atoms with Crippen LogP contribution in [0, 0.1) is 17.2 Å². The van der Waals surface area contributed by atoms with Crippen molar-refractivity contribution in [2.45, 2.75) is 6.42 Å². The van der Waals surface area contributed by atoms with Crippen molar-refractivity contribution >= 4 is 23.0 Å². The second-order valence-corrected chi connectivity index (χ2v) is 7.34. The first-order valence-corrected chi connectivity index (χ1v) is 9.49. The highest BCUT2D eigenvalue weighted by molar-refractivity contribution is 6.31. The Labute approximate surface area is 163 Å². The van der Waals surface area contributed by atoms with Gasteiger partial charge in [0.1, 0.15) is 11.9 Å². The summed E-state index contributed by atoms with van der Waals surface area (Å²) in [6.07, 6.45) is 5.16. The molecular weight excluding hydrogens is 360 g/mol. The van der Waals surface area contributed by atoms with Crippen LogP contribution in [0.25, 0.3) is 17.0 Å². The zero-order chi connectivity index (χ0) is 18.8. The van der Waals surface area contributed by atoms with Gasteiger partial charge < -0.3 is 16.0 Å². The van der Waals surface area contributed by atoms with Gasteiger partial charge in [-0.05, 0) is 42.7 Å². The highest BCUT2D eigenvalue weighted by atomic mass is 35.5. The Kier molecular flexibility index (Phi) is 5.08. The van der Waals surface area contributed by atoms with Gasteiger partial charge in [0.15, 0.2) is 5.82 Å². The standard InChI is InChI=1S/C20H21ClN6/c21-18-2-1-14(7-16(18)9-23)19-25-11-17(15-3-5-24-10-15)20(26-19)27-6-4-13(8-22)12-27/h1-3,7,11,13,24H,4-6,8,10,12,22H2. The minimum Gasteiger partial charge on any atom is -0.356 e. The lowest BCUT2D eigenvalue weighted by molar-refractivity contribution is 0.602. The van der Waals surface area contributed by atoms with Crippen LogP contribution in [0.1, 0.15) is 17.5 Å². The number of nitrogens with two attached hydrogens (primary N) is 1. The van der Waals surface area contributed by atoms with Crippen molar-refractivity contribution < 1.29 is 0 Å². The minimum atomic E-state index is 0.426. The number of anilines is 1. The molecule has 0 radical (unpaired) electrons. The lowest BCUT2D eigenvalue weighted by Gasteiger charge is -2.22. The van der Waals surface area contributed by atoms with Crippen molar-refractivity contribution in [3.05, 3.63) is 46.6 Å². The predicted molar refractivity (Wildman–Crippen MR) is 107 cm³/mol. The summed E-state index contributed by atoms with van der Waals surface area (Å²) >= 11 is 6.06. The van der Waals surface area contributed by atoms with Crippen LogP contribution >= 0.6 is 11.6 Å². The van der Waals surface area contributed by atoms with E-state index in [4.69, 9.17) is 22.3 Å². The van der Waals surface area contributed by atoms with Gasteiger partial charge in [0.25, 0.3) is 0 Å². The van der Waals surface area contributed by atoms with Crippen LogP contribution in [0.3, 0.4) is 0 Å².